The Labute approximate surface area is 136 Å². The van der Waals surface area contributed by atoms with Crippen LogP contribution in [0, 0.1) is 0 Å². The lowest BCUT2D eigenvalue weighted by Gasteiger charge is -2.01. The molecule has 0 amide bonds. The maximum atomic E-state index is 2.18. The monoisotopic (exact) mass is 374 g/mol. The topological polar surface area (TPSA) is 3.88 Å². The predicted molar refractivity (Wildman–Crippen MR) is 95.9 cm³/mol. The zero-order valence-corrected chi connectivity index (χ0v) is 13.7. The molecule has 0 fully saturated rings. The van der Waals surface area contributed by atoms with E-state index in [-0.39, 0.29) is 24.0 Å². The van der Waals surface area contributed by atoms with Crippen LogP contribution in [0.5, 0.6) is 0 Å². The summed E-state index contributed by atoms with van der Waals surface area (Å²) in [5, 5.41) is 2.57. The Hall–Kier alpha value is -1.68. The Balaban J connectivity index is 0.00000147. The number of pyridine rings is 1. The molecule has 0 N–H and O–H groups in total. The van der Waals surface area contributed by atoms with Crippen molar-refractivity contribution in [2.75, 3.05) is 0 Å². The molecule has 1 nitrogen and oxygen atoms in total. The van der Waals surface area contributed by atoms with Crippen LogP contribution in [-0.4, -0.2) is 0 Å². The number of benzene rings is 2. The second kappa shape index (κ2) is 6.66. The van der Waals surface area contributed by atoms with E-state index in [1.165, 1.54) is 22.0 Å². The molecule has 0 saturated heterocycles. The van der Waals surface area contributed by atoms with Crippen molar-refractivity contribution in [3.63, 3.8) is 0 Å². The Kier molecular flexibility index (Phi) is 4.90. The molecule has 20 heavy (non-hydrogen) atoms. The van der Waals surface area contributed by atoms with Gasteiger partial charge >= 0.3 is 0 Å². The maximum Gasteiger partial charge on any atom is 0.204 e. The van der Waals surface area contributed by atoms with E-state index in [1.54, 1.807) is 0 Å². The number of rotatable bonds is 2. The summed E-state index contributed by atoms with van der Waals surface area (Å²) in [5.41, 5.74) is 2.44. The van der Waals surface area contributed by atoms with E-state index in [1.807, 2.05) is 6.07 Å². The second-order valence-electron chi connectivity index (χ2n) is 4.64. The molecule has 0 spiro atoms. The summed E-state index contributed by atoms with van der Waals surface area (Å²) in [7, 11) is 2.06. The van der Waals surface area contributed by atoms with Crippen LogP contribution >= 0.6 is 24.0 Å². The Morgan fingerprint density at radius 1 is 0.800 bits per heavy atom. The predicted octanol–water partition coefficient (Wildman–Crippen LogP) is 4.45. The quantitative estimate of drug-likeness (QED) is 0.461. The van der Waals surface area contributed by atoms with Gasteiger partial charge in [0.15, 0.2) is 6.20 Å². The molecule has 0 unspecified atom stereocenters. The van der Waals surface area contributed by atoms with E-state index >= 15 is 0 Å². The molecule has 0 atom stereocenters. The number of aryl methyl sites for hydroxylation is 1. The molecule has 0 radical (unpaired) electrons. The van der Waals surface area contributed by atoms with Crippen molar-refractivity contribution in [1.82, 2.24) is 0 Å². The molecular weight excluding hydrogens is 357 g/mol. The molecule has 2 aromatic carbocycles. The minimum absolute atomic E-state index is 0. The van der Waals surface area contributed by atoms with Crippen molar-refractivity contribution < 1.29 is 4.57 Å². The van der Waals surface area contributed by atoms with Crippen LogP contribution in [0.1, 0.15) is 11.3 Å². The highest BCUT2D eigenvalue weighted by Crippen LogP contribution is 2.20. The van der Waals surface area contributed by atoms with Gasteiger partial charge in [0.25, 0.3) is 0 Å². The number of halogens is 1. The minimum atomic E-state index is 0. The summed E-state index contributed by atoms with van der Waals surface area (Å²) in [4.78, 5) is 0. The number of hydrogen-bond donors (Lipinski definition) is 0. The third-order valence-corrected chi connectivity index (χ3v) is 3.35. The largest absolute Gasteiger partial charge is 0.204 e. The van der Waals surface area contributed by atoms with Crippen LogP contribution in [0.4, 0.5) is 0 Å². The first-order valence-electron chi connectivity index (χ1n) is 6.45. The third-order valence-electron chi connectivity index (χ3n) is 3.35. The van der Waals surface area contributed by atoms with Gasteiger partial charge in [-0.1, -0.05) is 42.5 Å². The van der Waals surface area contributed by atoms with Crippen LogP contribution in [0.25, 0.3) is 22.9 Å². The summed E-state index contributed by atoms with van der Waals surface area (Å²) in [6, 6.07) is 21.1. The van der Waals surface area contributed by atoms with Gasteiger partial charge in [-0.3, -0.25) is 0 Å². The summed E-state index contributed by atoms with van der Waals surface area (Å²) < 4.78 is 2.11. The first-order chi connectivity index (χ1) is 9.34. The molecule has 0 bridgehead atoms. The molecule has 1 aromatic heterocycles. The van der Waals surface area contributed by atoms with Gasteiger partial charge in [0.05, 0.1) is 0 Å². The van der Waals surface area contributed by atoms with Crippen molar-refractivity contribution >= 4 is 46.9 Å². The van der Waals surface area contributed by atoms with Crippen LogP contribution in [0.15, 0.2) is 66.9 Å². The Morgan fingerprint density at radius 3 is 2.40 bits per heavy atom. The van der Waals surface area contributed by atoms with E-state index in [2.05, 4.69) is 84.6 Å². The van der Waals surface area contributed by atoms with Crippen LogP contribution in [0.2, 0.25) is 0 Å². The molecule has 100 valence electrons. The number of aromatic nitrogens is 1. The fourth-order valence-electron chi connectivity index (χ4n) is 2.28. The lowest BCUT2D eigenvalue weighted by molar-refractivity contribution is -0.673. The van der Waals surface area contributed by atoms with Gasteiger partial charge in [0.2, 0.25) is 5.69 Å². The molecule has 1 heterocycles. The van der Waals surface area contributed by atoms with E-state index in [0.29, 0.717) is 0 Å². The van der Waals surface area contributed by atoms with Gasteiger partial charge in [0.1, 0.15) is 7.05 Å². The van der Waals surface area contributed by atoms with Crippen molar-refractivity contribution in [3.05, 3.63) is 78.1 Å². The van der Waals surface area contributed by atoms with Crippen molar-refractivity contribution in [2.24, 2.45) is 7.05 Å². The standard InChI is InChI=1S/C18H16N.HI/c1-19-14-5-4-10-17(19)13-12-16-9-6-8-15-7-2-3-11-18(15)16;/h2-14H,1H3;1H/q+1;/b13-12+;. The van der Waals surface area contributed by atoms with Gasteiger partial charge in [-0.2, -0.15) is 0 Å². The smallest absolute Gasteiger partial charge is 0.202 e. The molecule has 0 saturated carbocycles. The third kappa shape index (κ3) is 3.07. The molecule has 0 aliphatic rings. The SMILES string of the molecule is C[n+]1ccccc1/C=C/c1cccc2ccccc12.I. The van der Waals surface area contributed by atoms with Gasteiger partial charge in [-0.15, -0.1) is 24.0 Å². The molecule has 3 aromatic rings. The fraction of sp³-hybridized carbons (Fsp3) is 0.0556. The molecular formula is C18H17IN+. The van der Waals surface area contributed by atoms with Crippen LogP contribution in [0.3, 0.4) is 0 Å². The van der Waals surface area contributed by atoms with Gasteiger partial charge in [-0.05, 0) is 28.5 Å². The highest BCUT2D eigenvalue weighted by Gasteiger charge is 2.00. The summed E-state index contributed by atoms with van der Waals surface area (Å²) in [5.74, 6) is 0. The lowest BCUT2D eigenvalue weighted by atomic mass is 10.0. The van der Waals surface area contributed by atoms with Crippen molar-refractivity contribution in [1.29, 1.82) is 0 Å². The highest BCUT2D eigenvalue weighted by molar-refractivity contribution is 14.0. The average molecular weight is 374 g/mol. The molecule has 2 heteroatoms. The first-order valence-corrected chi connectivity index (χ1v) is 6.45. The van der Waals surface area contributed by atoms with Crippen LogP contribution < -0.4 is 4.57 Å². The lowest BCUT2D eigenvalue weighted by Crippen LogP contribution is -2.30. The van der Waals surface area contributed by atoms with Crippen molar-refractivity contribution in [2.45, 2.75) is 0 Å². The fourth-order valence-corrected chi connectivity index (χ4v) is 2.28. The molecule has 3 rings (SSSR count). The summed E-state index contributed by atoms with van der Waals surface area (Å²) in [6.45, 7) is 0. The van der Waals surface area contributed by atoms with Crippen molar-refractivity contribution in [3.8, 4) is 0 Å². The number of nitrogens with zero attached hydrogens (tertiary/aromatic N) is 1. The molecule has 0 aliphatic carbocycles. The minimum Gasteiger partial charge on any atom is -0.202 e. The highest BCUT2D eigenvalue weighted by atomic mass is 127. The Morgan fingerprint density at radius 2 is 1.55 bits per heavy atom. The average Bonchev–Trinajstić information content (AvgIpc) is 2.46. The summed E-state index contributed by atoms with van der Waals surface area (Å²) >= 11 is 0. The number of hydrogen-bond acceptors (Lipinski definition) is 0. The van der Waals surface area contributed by atoms with E-state index in [9.17, 15) is 0 Å². The van der Waals surface area contributed by atoms with Gasteiger partial charge in [0, 0.05) is 18.2 Å². The maximum absolute atomic E-state index is 2.18. The van der Waals surface area contributed by atoms with Gasteiger partial charge in [-0.25, -0.2) is 4.57 Å². The second-order valence-corrected chi connectivity index (χ2v) is 4.64. The Bertz CT molecular complexity index is 742. The van der Waals surface area contributed by atoms with Crippen LogP contribution in [-0.2, 0) is 7.05 Å². The zero-order valence-electron chi connectivity index (χ0n) is 11.4. The van der Waals surface area contributed by atoms with E-state index < -0.39 is 0 Å². The van der Waals surface area contributed by atoms with E-state index in [0.717, 1.165) is 0 Å². The van der Waals surface area contributed by atoms with Gasteiger partial charge < -0.3 is 0 Å². The molecule has 0 aliphatic heterocycles. The first kappa shape index (κ1) is 14.7. The van der Waals surface area contributed by atoms with E-state index in [4.69, 9.17) is 0 Å². The zero-order chi connectivity index (χ0) is 13.1. The summed E-state index contributed by atoms with van der Waals surface area (Å²) in [6.07, 6.45) is 6.39. The normalized spacial score (nSPS) is 10.7. The number of fused-ring (bicyclic) bond motifs is 1.